The lowest BCUT2D eigenvalue weighted by Gasteiger charge is -2.38. The number of likely N-dealkylation sites (tertiary alicyclic amines) is 1. The van der Waals surface area contributed by atoms with Gasteiger partial charge in [0.1, 0.15) is 12.4 Å². The van der Waals surface area contributed by atoms with Crippen LogP contribution in [-0.2, 0) is 4.79 Å². The molecule has 4 heteroatoms. The summed E-state index contributed by atoms with van der Waals surface area (Å²) in [6.07, 6.45) is 2.43. The Morgan fingerprint density at radius 3 is 2.54 bits per heavy atom. The molecule has 2 aromatic rings. The number of carbonyl (C=O) groups excluding carboxylic acids is 1. The number of benzene rings is 2. The molecular formula is C22H27N2O2+. The molecule has 1 saturated heterocycles. The molecule has 4 rings (SSSR count). The first-order valence-corrected chi connectivity index (χ1v) is 9.65. The van der Waals surface area contributed by atoms with Crippen molar-refractivity contribution in [3.63, 3.8) is 0 Å². The number of hydrogen-bond acceptors (Lipinski definition) is 2. The molecule has 0 aliphatic carbocycles. The second-order valence-corrected chi connectivity index (χ2v) is 7.58. The molecule has 1 amide bonds. The summed E-state index contributed by atoms with van der Waals surface area (Å²) in [6, 6.07) is 18.0. The number of quaternary nitrogens is 1. The minimum Gasteiger partial charge on any atom is -0.489 e. The lowest BCUT2D eigenvalue weighted by Crippen LogP contribution is -3.14. The Morgan fingerprint density at radius 1 is 1.08 bits per heavy atom. The number of piperidine rings is 1. The quantitative estimate of drug-likeness (QED) is 0.922. The molecule has 0 radical (unpaired) electrons. The Morgan fingerprint density at radius 2 is 1.77 bits per heavy atom. The van der Waals surface area contributed by atoms with Gasteiger partial charge >= 0.3 is 0 Å². The molecule has 0 spiro atoms. The van der Waals surface area contributed by atoms with Crippen molar-refractivity contribution in [2.75, 3.05) is 31.1 Å². The van der Waals surface area contributed by atoms with Gasteiger partial charge in [0.15, 0.2) is 6.54 Å². The molecule has 0 aromatic heterocycles. The maximum Gasteiger partial charge on any atom is 0.282 e. The number of rotatable bonds is 3. The van der Waals surface area contributed by atoms with Crippen molar-refractivity contribution in [2.24, 2.45) is 5.92 Å². The highest BCUT2D eigenvalue weighted by Crippen LogP contribution is 2.39. The van der Waals surface area contributed by atoms with Crippen LogP contribution in [0.1, 0.15) is 31.4 Å². The average Bonchev–Trinajstić information content (AvgIpc) is 2.69. The van der Waals surface area contributed by atoms with E-state index in [2.05, 4.69) is 19.1 Å². The van der Waals surface area contributed by atoms with Crippen LogP contribution < -0.4 is 14.5 Å². The van der Waals surface area contributed by atoms with E-state index in [9.17, 15) is 4.79 Å². The number of anilines is 1. The van der Waals surface area contributed by atoms with Gasteiger partial charge in [-0.15, -0.1) is 0 Å². The van der Waals surface area contributed by atoms with Crippen LogP contribution in [0.15, 0.2) is 54.6 Å². The predicted octanol–water partition coefficient (Wildman–Crippen LogP) is 2.47. The summed E-state index contributed by atoms with van der Waals surface area (Å²) in [5.74, 6) is 1.78. The van der Waals surface area contributed by atoms with Gasteiger partial charge in [0.05, 0.1) is 24.8 Å². The molecule has 1 atom stereocenters. The first-order chi connectivity index (χ1) is 12.7. The van der Waals surface area contributed by atoms with Crippen molar-refractivity contribution in [1.82, 2.24) is 0 Å². The molecular weight excluding hydrogens is 324 g/mol. The summed E-state index contributed by atoms with van der Waals surface area (Å²) >= 11 is 0. The van der Waals surface area contributed by atoms with E-state index in [4.69, 9.17) is 4.74 Å². The van der Waals surface area contributed by atoms with E-state index in [1.165, 1.54) is 17.7 Å². The van der Waals surface area contributed by atoms with Crippen LogP contribution in [0.25, 0.3) is 0 Å². The van der Waals surface area contributed by atoms with Crippen molar-refractivity contribution in [3.8, 4) is 5.75 Å². The molecule has 136 valence electrons. The SMILES string of the molecule is CC1CC[NH+](CC(=O)N2c3ccccc3OC[C@@H]2c2ccccc2)CC1. The van der Waals surface area contributed by atoms with Gasteiger partial charge in [-0.3, -0.25) is 9.69 Å². The standard InChI is InChI=1S/C22H26N2O2/c1-17-11-13-23(14-12-17)15-22(25)24-19-9-5-6-10-21(19)26-16-20(24)18-7-3-2-4-8-18/h2-10,17,20H,11-16H2,1H3/p+1/t20-/m1/s1. The number of nitrogens with zero attached hydrogens (tertiary/aromatic N) is 1. The molecule has 4 nitrogen and oxygen atoms in total. The van der Waals surface area contributed by atoms with E-state index in [0.717, 1.165) is 36.0 Å². The van der Waals surface area contributed by atoms with Gasteiger partial charge in [-0.05, 0) is 36.5 Å². The van der Waals surface area contributed by atoms with E-state index < -0.39 is 0 Å². The summed E-state index contributed by atoms with van der Waals surface area (Å²) in [5, 5.41) is 0. The Hall–Kier alpha value is -2.33. The normalized spacial score (nSPS) is 25.3. The van der Waals surface area contributed by atoms with Crippen LogP contribution in [-0.4, -0.2) is 32.1 Å². The Balaban J connectivity index is 1.61. The number of fused-ring (bicyclic) bond motifs is 1. The first kappa shape index (κ1) is 17.1. The van der Waals surface area contributed by atoms with E-state index in [1.807, 2.05) is 47.4 Å². The second-order valence-electron chi connectivity index (χ2n) is 7.58. The van der Waals surface area contributed by atoms with Crippen molar-refractivity contribution in [2.45, 2.75) is 25.8 Å². The first-order valence-electron chi connectivity index (χ1n) is 9.65. The Kier molecular flexibility index (Phi) is 4.93. The summed E-state index contributed by atoms with van der Waals surface area (Å²) < 4.78 is 5.97. The van der Waals surface area contributed by atoms with Crippen LogP contribution in [0.3, 0.4) is 0 Å². The Bertz CT molecular complexity index is 754. The third kappa shape index (κ3) is 3.47. The maximum absolute atomic E-state index is 13.3. The molecule has 26 heavy (non-hydrogen) atoms. The lowest BCUT2D eigenvalue weighted by molar-refractivity contribution is -0.898. The van der Waals surface area contributed by atoms with Crippen molar-refractivity contribution in [1.29, 1.82) is 0 Å². The molecule has 2 aromatic carbocycles. The zero-order valence-corrected chi connectivity index (χ0v) is 15.4. The number of ether oxygens (including phenoxy) is 1. The fourth-order valence-electron chi connectivity index (χ4n) is 4.06. The number of nitrogens with one attached hydrogen (secondary N) is 1. The molecule has 2 heterocycles. The monoisotopic (exact) mass is 351 g/mol. The van der Waals surface area contributed by atoms with Gasteiger partial charge in [-0.2, -0.15) is 0 Å². The topological polar surface area (TPSA) is 34.0 Å². The summed E-state index contributed by atoms with van der Waals surface area (Å²) in [6.45, 7) is 5.55. The van der Waals surface area contributed by atoms with Crippen LogP contribution >= 0.6 is 0 Å². The van der Waals surface area contributed by atoms with Gasteiger partial charge in [0.25, 0.3) is 5.91 Å². The van der Waals surface area contributed by atoms with Crippen LogP contribution in [0, 0.1) is 5.92 Å². The minimum atomic E-state index is -0.0679. The van der Waals surface area contributed by atoms with Crippen molar-refractivity contribution in [3.05, 3.63) is 60.2 Å². The van der Waals surface area contributed by atoms with E-state index in [0.29, 0.717) is 13.2 Å². The zero-order chi connectivity index (χ0) is 17.9. The maximum atomic E-state index is 13.3. The zero-order valence-electron chi connectivity index (χ0n) is 15.4. The summed E-state index contributed by atoms with van der Waals surface area (Å²) in [7, 11) is 0. The third-order valence-electron chi connectivity index (χ3n) is 5.67. The smallest absolute Gasteiger partial charge is 0.282 e. The van der Waals surface area contributed by atoms with Crippen LogP contribution in [0.5, 0.6) is 5.75 Å². The molecule has 2 aliphatic rings. The van der Waals surface area contributed by atoms with Crippen LogP contribution in [0.4, 0.5) is 5.69 Å². The van der Waals surface area contributed by atoms with E-state index in [1.54, 1.807) is 0 Å². The third-order valence-corrected chi connectivity index (χ3v) is 5.67. The van der Waals surface area contributed by atoms with E-state index >= 15 is 0 Å². The lowest BCUT2D eigenvalue weighted by atomic mass is 9.99. The predicted molar refractivity (Wildman–Crippen MR) is 103 cm³/mol. The fraction of sp³-hybridized carbons (Fsp3) is 0.409. The highest BCUT2D eigenvalue weighted by Gasteiger charge is 2.35. The van der Waals surface area contributed by atoms with Gasteiger partial charge < -0.3 is 9.64 Å². The largest absolute Gasteiger partial charge is 0.489 e. The van der Waals surface area contributed by atoms with Crippen LogP contribution in [0.2, 0.25) is 0 Å². The molecule has 0 bridgehead atoms. The molecule has 0 unspecified atom stereocenters. The summed E-state index contributed by atoms with van der Waals surface area (Å²) in [5.41, 5.74) is 2.01. The number of hydrogen-bond donors (Lipinski definition) is 1. The number of para-hydroxylation sites is 2. The van der Waals surface area contributed by atoms with Crippen molar-refractivity contribution >= 4 is 11.6 Å². The number of carbonyl (C=O) groups is 1. The highest BCUT2D eigenvalue weighted by atomic mass is 16.5. The van der Waals surface area contributed by atoms with Gasteiger partial charge in [0.2, 0.25) is 0 Å². The van der Waals surface area contributed by atoms with E-state index in [-0.39, 0.29) is 11.9 Å². The molecule has 1 fully saturated rings. The van der Waals surface area contributed by atoms with Gasteiger partial charge in [0, 0.05) is 0 Å². The summed E-state index contributed by atoms with van der Waals surface area (Å²) in [4.78, 5) is 16.7. The van der Waals surface area contributed by atoms with Crippen molar-refractivity contribution < 1.29 is 14.4 Å². The molecule has 1 N–H and O–H groups in total. The van der Waals surface area contributed by atoms with Gasteiger partial charge in [-0.25, -0.2) is 0 Å². The molecule has 2 aliphatic heterocycles. The fourth-order valence-corrected chi connectivity index (χ4v) is 4.06. The number of amides is 1. The average molecular weight is 351 g/mol. The minimum absolute atomic E-state index is 0.0679. The Labute approximate surface area is 155 Å². The van der Waals surface area contributed by atoms with Gasteiger partial charge in [-0.1, -0.05) is 49.4 Å². The second kappa shape index (κ2) is 7.50. The highest BCUT2D eigenvalue weighted by molar-refractivity contribution is 5.96. The molecule has 0 saturated carbocycles.